The Labute approximate surface area is 131 Å². The van der Waals surface area contributed by atoms with Gasteiger partial charge in [0.2, 0.25) is 0 Å². The fourth-order valence-corrected chi connectivity index (χ4v) is 2.33. The van der Waals surface area contributed by atoms with Gasteiger partial charge in [0.25, 0.3) is 0 Å². The lowest BCUT2D eigenvalue weighted by atomic mass is 10.2. The number of nitrogens with zero attached hydrogens (tertiary/aromatic N) is 2. The number of benzene rings is 1. The minimum Gasteiger partial charge on any atom is -0.496 e. The Balaban J connectivity index is 2.00. The maximum absolute atomic E-state index is 6.05. The van der Waals surface area contributed by atoms with Gasteiger partial charge >= 0.3 is 0 Å². The summed E-state index contributed by atoms with van der Waals surface area (Å²) < 4.78 is 7.26. The van der Waals surface area contributed by atoms with Crippen LogP contribution >= 0.6 is 11.6 Å². The molecule has 2 rings (SSSR count). The number of aromatic nitrogens is 2. The van der Waals surface area contributed by atoms with Gasteiger partial charge in [-0.15, -0.1) is 0 Å². The molecule has 0 bridgehead atoms. The van der Waals surface area contributed by atoms with Crippen LogP contribution in [0.25, 0.3) is 0 Å². The molecular formula is C16H22ClN3O. The summed E-state index contributed by atoms with van der Waals surface area (Å²) in [5.74, 6) is 1.48. The molecule has 1 N–H and O–H groups in total. The van der Waals surface area contributed by atoms with Crippen molar-refractivity contribution >= 4 is 11.6 Å². The molecule has 5 heteroatoms. The zero-order chi connectivity index (χ0) is 15.2. The third kappa shape index (κ3) is 4.76. The predicted octanol–water partition coefficient (Wildman–Crippen LogP) is 3.34. The van der Waals surface area contributed by atoms with Crippen LogP contribution in [-0.2, 0) is 13.1 Å². The van der Waals surface area contributed by atoms with E-state index >= 15 is 0 Å². The molecule has 0 aliphatic carbocycles. The van der Waals surface area contributed by atoms with Crippen molar-refractivity contribution in [3.05, 3.63) is 46.7 Å². The van der Waals surface area contributed by atoms with Crippen LogP contribution in [0.15, 0.2) is 30.6 Å². The third-order valence-corrected chi connectivity index (χ3v) is 3.38. The zero-order valence-electron chi connectivity index (χ0n) is 12.8. The van der Waals surface area contributed by atoms with Crippen molar-refractivity contribution < 1.29 is 4.74 Å². The van der Waals surface area contributed by atoms with Crippen LogP contribution in [0.5, 0.6) is 5.75 Å². The summed E-state index contributed by atoms with van der Waals surface area (Å²) in [6.07, 6.45) is 3.94. The van der Waals surface area contributed by atoms with Crippen molar-refractivity contribution in [3.8, 4) is 5.75 Å². The van der Waals surface area contributed by atoms with Crippen molar-refractivity contribution in [1.82, 2.24) is 15.1 Å². The van der Waals surface area contributed by atoms with E-state index in [2.05, 4.69) is 24.3 Å². The summed E-state index contributed by atoms with van der Waals surface area (Å²) in [5, 5.41) is 8.51. The van der Waals surface area contributed by atoms with E-state index in [0.29, 0.717) is 17.5 Å². The first-order valence-electron chi connectivity index (χ1n) is 7.13. The minimum absolute atomic E-state index is 0.647. The van der Waals surface area contributed by atoms with Crippen LogP contribution in [0.4, 0.5) is 0 Å². The highest BCUT2D eigenvalue weighted by Crippen LogP contribution is 2.23. The smallest absolute Gasteiger partial charge is 0.124 e. The van der Waals surface area contributed by atoms with E-state index in [1.807, 2.05) is 35.3 Å². The van der Waals surface area contributed by atoms with E-state index in [-0.39, 0.29) is 0 Å². The van der Waals surface area contributed by atoms with Crippen LogP contribution in [0.2, 0.25) is 5.02 Å². The molecule has 1 aromatic heterocycles. The topological polar surface area (TPSA) is 39.1 Å². The average Bonchev–Trinajstić information content (AvgIpc) is 2.86. The first-order valence-corrected chi connectivity index (χ1v) is 7.50. The quantitative estimate of drug-likeness (QED) is 0.852. The van der Waals surface area contributed by atoms with Gasteiger partial charge in [0.05, 0.1) is 19.9 Å². The first kappa shape index (κ1) is 15.9. The Bertz CT molecular complexity index is 581. The molecule has 21 heavy (non-hydrogen) atoms. The molecule has 0 radical (unpaired) electrons. The highest BCUT2D eigenvalue weighted by molar-refractivity contribution is 6.30. The first-order chi connectivity index (χ1) is 10.1. The molecule has 0 unspecified atom stereocenters. The molecule has 0 saturated carbocycles. The number of hydrogen-bond donors (Lipinski definition) is 1. The second kappa shape index (κ2) is 7.48. The molecular weight excluding hydrogens is 286 g/mol. The fourth-order valence-electron chi connectivity index (χ4n) is 2.13. The molecule has 1 aromatic carbocycles. The molecule has 0 fully saturated rings. The molecule has 0 saturated heterocycles. The maximum atomic E-state index is 6.05. The number of methoxy groups -OCH3 is 1. The Morgan fingerprint density at radius 3 is 2.90 bits per heavy atom. The predicted molar refractivity (Wildman–Crippen MR) is 85.9 cm³/mol. The Hall–Kier alpha value is -1.52. The molecule has 0 amide bonds. The molecule has 0 spiro atoms. The molecule has 114 valence electrons. The second-order valence-electron chi connectivity index (χ2n) is 5.53. The molecule has 2 aromatic rings. The SMILES string of the molecule is COc1ccc(Cl)cc1Cn1cc(CNCC(C)C)cn1. The number of hydrogen-bond acceptors (Lipinski definition) is 3. The second-order valence-corrected chi connectivity index (χ2v) is 5.96. The van der Waals surface area contributed by atoms with Gasteiger partial charge in [-0.25, -0.2) is 0 Å². The fraction of sp³-hybridized carbons (Fsp3) is 0.438. The van der Waals surface area contributed by atoms with E-state index < -0.39 is 0 Å². The summed E-state index contributed by atoms with van der Waals surface area (Å²) >= 11 is 6.05. The Kier molecular flexibility index (Phi) is 5.65. The van der Waals surface area contributed by atoms with E-state index in [9.17, 15) is 0 Å². The monoisotopic (exact) mass is 307 g/mol. The van der Waals surface area contributed by atoms with Crippen molar-refractivity contribution in [2.75, 3.05) is 13.7 Å². The van der Waals surface area contributed by atoms with Crippen molar-refractivity contribution in [2.45, 2.75) is 26.9 Å². The number of nitrogens with one attached hydrogen (secondary N) is 1. The summed E-state index contributed by atoms with van der Waals surface area (Å²) in [5.41, 5.74) is 2.20. The molecule has 0 aliphatic rings. The van der Waals surface area contributed by atoms with Crippen LogP contribution in [0, 0.1) is 5.92 Å². The lowest BCUT2D eigenvalue weighted by molar-refractivity contribution is 0.407. The molecule has 4 nitrogen and oxygen atoms in total. The standard InChI is InChI=1S/C16H22ClN3O/c1-12(2)7-18-8-13-9-19-20(10-13)11-14-6-15(17)4-5-16(14)21-3/h4-6,9-10,12,18H,7-8,11H2,1-3H3. The molecule has 1 heterocycles. The van der Waals surface area contributed by atoms with Crippen molar-refractivity contribution in [2.24, 2.45) is 5.92 Å². The van der Waals surface area contributed by atoms with Gasteiger partial charge in [-0.1, -0.05) is 25.4 Å². The summed E-state index contributed by atoms with van der Waals surface area (Å²) in [4.78, 5) is 0. The highest BCUT2D eigenvalue weighted by atomic mass is 35.5. The Morgan fingerprint density at radius 2 is 2.19 bits per heavy atom. The van der Waals surface area contributed by atoms with E-state index in [1.165, 1.54) is 5.56 Å². The normalized spacial score (nSPS) is 11.1. The van der Waals surface area contributed by atoms with Gasteiger partial charge in [0, 0.05) is 28.9 Å². The van der Waals surface area contributed by atoms with E-state index in [4.69, 9.17) is 16.3 Å². The summed E-state index contributed by atoms with van der Waals surface area (Å²) in [6.45, 7) is 6.88. The summed E-state index contributed by atoms with van der Waals surface area (Å²) in [6, 6.07) is 5.62. The maximum Gasteiger partial charge on any atom is 0.124 e. The third-order valence-electron chi connectivity index (χ3n) is 3.14. The molecule has 0 atom stereocenters. The Morgan fingerprint density at radius 1 is 1.38 bits per heavy atom. The van der Waals surface area contributed by atoms with Crippen molar-refractivity contribution in [3.63, 3.8) is 0 Å². The van der Waals surface area contributed by atoms with Crippen molar-refractivity contribution in [1.29, 1.82) is 0 Å². The average molecular weight is 308 g/mol. The highest BCUT2D eigenvalue weighted by Gasteiger charge is 2.06. The van der Waals surface area contributed by atoms with Crippen LogP contribution in [-0.4, -0.2) is 23.4 Å². The minimum atomic E-state index is 0.647. The molecule has 0 aliphatic heterocycles. The van der Waals surface area contributed by atoms with Gasteiger partial charge in [0.15, 0.2) is 0 Å². The van der Waals surface area contributed by atoms with Crippen LogP contribution in [0.1, 0.15) is 25.0 Å². The number of rotatable bonds is 7. The van der Waals surface area contributed by atoms with Gasteiger partial charge in [-0.05, 0) is 30.7 Å². The van der Waals surface area contributed by atoms with Gasteiger partial charge in [-0.3, -0.25) is 4.68 Å². The van der Waals surface area contributed by atoms with Gasteiger partial charge < -0.3 is 10.1 Å². The number of ether oxygens (including phenoxy) is 1. The largest absolute Gasteiger partial charge is 0.496 e. The lowest BCUT2D eigenvalue weighted by Gasteiger charge is -2.09. The van der Waals surface area contributed by atoms with E-state index in [1.54, 1.807) is 7.11 Å². The lowest BCUT2D eigenvalue weighted by Crippen LogP contribution is -2.18. The van der Waals surface area contributed by atoms with E-state index in [0.717, 1.165) is 24.4 Å². The summed E-state index contributed by atoms with van der Waals surface area (Å²) in [7, 11) is 1.66. The van der Waals surface area contributed by atoms with Gasteiger partial charge in [-0.2, -0.15) is 5.10 Å². The van der Waals surface area contributed by atoms with Crippen LogP contribution < -0.4 is 10.1 Å². The zero-order valence-corrected chi connectivity index (χ0v) is 13.5. The van der Waals surface area contributed by atoms with Crippen LogP contribution in [0.3, 0.4) is 0 Å². The number of halogens is 1. The van der Waals surface area contributed by atoms with Gasteiger partial charge in [0.1, 0.15) is 5.75 Å².